The van der Waals surface area contributed by atoms with E-state index in [1.54, 1.807) is 0 Å². The summed E-state index contributed by atoms with van der Waals surface area (Å²) in [5.74, 6) is -0.00539. The summed E-state index contributed by atoms with van der Waals surface area (Å²) in [4.78, 5) is 15.7. The molecule has 0 saturated carbocycles. The molecule has 3 aromatic rings. The van der Waals surface area contributed by atoms with Gasteiger partial charge in [-0.05, 0) is 30.7 Å². The number of aromatic nitrogens is 1. The van der Waals surface area contributed by atoms with Gasteiger partial charge in [-0.25, -0.2) is 0 Å². The fraction of sp³-hybridized carbons (Fsp3) is 0.278. The topological polar surface area (TPSA) is 56.9 Å². The van der Waals surface area contributed by atoms with Crippen LogP contribution in [0, 0.1) is 0 Å². The number of carbonyl (C=O) groups excluding carboxylic acids is 1. The number of amides is 1. The first-order valence-corrected chi connectivity index (χ1v) is 9.64. The summed E-state index contributed by atoms with van der Waals surface area (Å²) in [6.45, 7) is 0. The average Bonchev–Trinajstić information content (AvgIpc) is 3.20. The highest BCUT2D eigenvalue weighted by molar-refractivity contribution is 7.23. The molecular formula is C18H18Cl3N3OS. The van der Waals surface area contributed by atoms with Crippen LogP contribution in [0.25, 0.3) is 10.2 Å². The summed E-state index contributed by atoms with van der Waals surface area (Å²) in [6.07, 6.45) is 1.13. The molecular weight excluding hydrogens is 413 g/mol. The van der Waals surface area contributed by atoms with Gasteiger partial charge < -0.3 is 15.6 Å². The number of H-pyrrole nitrogens is 1. The maximum atomic E-state index is 12.5. The summed E-state index contributed by atoms with van der Waals surface area (Å²) in [5.41, 5.74) is 4.20. The van der Waals surface area contributed by atoms with E-state index in [9.17, 15) is 4.79 Å². The third-order valence-electron chi connectivity index (χ3n) is 4.67. The van der Waals surface area contributed by atoms with Crippen molar-refractivity contribution in [2.75, 3.05) is 7.05 Å². The molecule has 138 valence electrons. The van der Waals surface area contributed by atoms with Gasteiger partial charge in [-0.1, -0.05) is 47.5 Å². The molecule has 0 unspecified atom stereocenters. The minimum Gasteiger partial charge on any atom is -0.356 e. The van der Waals surface area contributed by atoms with Crippen LogP contribution in [-0.4, -0.2) is 24.0 Å². The van der Waals surface area contributed by atoms with E-state index in [4.69, 9.17) is 23.2 Å². The Morgan fingerprint density at radius 1 is 1.35 bits per heavy atom. The Morgan fingerprint density at radius 2 is 2.12 bits per heavy atom. The number of rotatable bonds is 4. The second-order valence-corrected chi connectivity index (χ2v) is 8.28. The Balaban J connectivity index is 0.00000196. The maximum Gasteiger partial charge on any atom is 0.226 e. The molecule has 2 atom stereocenters. The highest BCUT2D eigenvalue weighted by atomic mass is 35.5. The molecule has 2 aromatic heterocycles. The summed E-state index contributed by atoms with van der Waals surface area (Å²) in [6, 6.07) is 10.5. The summed E-state index contributed by atoms with van der Waals surface area (Å²) < 4.78 is 1.54. The number of halogens is 3. The zero-order valence-corrected chi connectivity index (χ0v) is 17.1. The first kappa shape index (κ1) is 19.5. The summed E-state index contributed by atoms with van der Waals surface area (Å²) >= 11 is 13.6. The lowest BCUT2D eigenvalue weighted by atomic mass is 10.1. The van der Waals surface area contributed by atoms with Crippen LogP contribution in [0.5, 0.6) is 0 Å². The number of fused-ring (bicyclic) bond motifs is 2. The minimum absolute atomic E-state index is 0. The molecule has 1 aliphatic rings. The Kier molecular flexibility index (Phi) is 5.85. The van der Waals surface area contributed by atoms with Crippen LogP contribution in [-0.2, 0) is 17.6 Å². The molecule has 4 nitrogen and oxygen atoms in total. The number of hydrogen-bond donors (Lipinski definition) is 3. The molecule has 1 aromatic carbocycles. The molecule has 8 heteroatoms. The normalized spacial score (nSPS) is 18.6. The molecule has 0 radical (unpaired) electrons. The van der Waals surface area contributed by atoms with Crippen molar-refractivity contribution < 1.29 is 4.79 Å². The van der Waals surface area contributed by atoms with Crippen LogP contribution >= 0.6 is 46.9 Å². The van der Waals surface area contributed by atoms with E-state index in [0.717, 1.165) is 22.3 Å². The first-order valence-electron chi connectivity index (χ1n) is 8.06. The van der Waals surface area contributed by atoms with Crippen LogP contribution in [0.4, 0.5) is 0 Å². The number of likely N-dealkylation sites (N-methyl/N-ethyl adjacent to an activating group) is 1. The molecule has 26 heavy (non-hydrogen) atoms. The number of carbonyl (C=O) groups is 1. The van der Waals surface area contributed by atoms with Gasteiger partial charge in [0, 0.05) is 5.69 Å². The van der Waals surface area contributed by atoms with Gasteiger partial charge in [-0.3, -0.25) is 4.79 Å². The molecule has 0 spiro atoms. The predicted octanol–water partition coefficient (Wildman–Crippen LogP) is 4.50. The van der Waals surface area contributed by atoms with Gasteiger partial charge in [0.15, 0.2) is 0 Å². The SMILES string of the molecule is CN[C@@H]1c2ccccc2C[C@H]1NC(=O)Cc1cc2sc(Cl)c(Cl)c2[nH]1.Cl. The van der Waals surface area contributed by atoms with Gasteiger partial charge in [0.05, 0.1) is 33.7 Å². The van der Waals surface area contributed by atoms with Crippen molar-refractivity contribution in [1.29, 1.82) is 0 Å². The maximum absolute atomic E-state index is 12.5. The van der Waals surface area contributed by atoms with E-state index >= 15 is 0 Å². The van der Waals surface area contributed by atoms with Crippen molar-refractivity contribution in [3.63, 3.8) is 0 Å². The van der Waals surface area contributed by atoms with Crippen molar-refractivity contribution in [3.8, 4) is 0 Å². The lowest BCUT2D eigenvalue weighted by Crippen LogP contribution is -2.42. The molecule has 0 aliphatic heterocycles. The largest absolute Gasteiger partial charge is 0.356 e. The zero-order chi connectivity index (χ0) is 17.6. The Bertz CT molecular complexity index is 952. The standard InChI is InChI=1S/C18H17Cl2N3OS.ClH/c1-21-16-11-5-3-2-4-9(11)6-12(16)23-14(24)8-10-7-13-17(22-10)15(19)18(20)25-13;/h2-5,7,12,16,21-22H,6,8H2,1H3,(H,23,24);1H/t12-,16-;/m1./s1. The van der Waals surface area contributed by atoms with Gasteiger partial charge in [0.2, 0.25) is 5.91 Å². The van der Waals surface area contributed by atoms with Crippen LogP contribution in [0.15, 0.2) is 30.3 Å². The molecule has 2 heterocycles. The first-order chi connectivity index (χ1) is 12.1. The van der Waals surface area contributed by atoms with Gasteiger partial charge in [0.25, 0.3) is 0 Å². The molecule has 1 aliphatic carbocycles. The second kappa shape index (κ2) is 7.79. The van der Waals surface area contributed by atoms with Crippen molar-refractivity contribution in [3.05, 3.63) is 56.5 Å². The molecule has 1 amide bonds. The van der Waals surface area contributed by atoms with E-state index in [1.165, 1.54) is 22.5 Å². The fourth-order valence-electron chi connectivity index (χ4n) is 3.58. The number of nitrogens with one attached hydrogen (secondary N) is 3. The van der Waals surface area contributed by atoms with Crippen LogP contribution in [0.3, 0.4) is 0 Å². The van der Waals surface area contributed by atoms with Gasteiger partial charge >= 0.3 is 0 Å². The van der Waals surface area contributed by atoms with E-state index in [1.807, 2.05) is 25.2 Å². The fourth-order valence-corrected chi connectivity index (χ4v) is 5.09. The average molecular weight is 431 g/mol. The third kappa shape index (κ3) is 3.47. The Morgan fingerprint density at radius 3 is 2.85 bits per heavy atom. The van der Waals surface area contributed by atoms with Crippen molar-refractivity contribution >= 4 is 63.1 Å². The smallest absolute Gasteiger partial charge is 0.226 e. The van der Waals surface area contributed by atoms with Gasteiger partial charge in [0.1, 0.15) is 4.34 Å². The van der Waals surface area contributed by atoms with E-state index in [0.29, 0.717) is 15.8 Å². The summed E-state index contributed by atoms with van der Waals surface area (Å²) in [5, 5.41) is 7.00. The highest BCUT2D eigenvalue weighted by Crippen LogP contribution is 2.39. The predicted molar refractivity (Wildman–Crippen MR) is 111 cm³/mol. The van der Waals surface area contributed by atoms with Gasteiger partial charge in [-0.15, -0.1) is 23.7 Å². The van der Waals surface area contributed by atoms with E-state index in [2.05, 4.69) is 27.8 Å². The zero-order valence-electron chi connectivity index (χ0n) is 13.9. The number of thiophene rings is 1. The van der Waals surface area contributed by atoms with Gasteiger partial charge in [-0.2, -0.15) is 0 Å². The number of aromatic amines is 1. The van der Waals surface area contributed by atoms with E-state index < -0.39 is 0 Å². The molecule has 0 saturated heterocycles. The number of hydrogen-bond acceptors (Lipinski definition) is 3. The Labute approximate surface area is 171 Å². The van der Waals surface area contributed by atoms with Crippen LogP contribution in [0.2, 0.25) is 9.36 Å². The number of benzene rings is 1. The summed E-state index contributed by atoms with van der Waals surface area (Å²) in [7, 11) is 1.93. The third-order valence-corrected chi connectivity index (χ3v) is 6.60. The van der Waals surface area contributed by atoms with Crippen molar-refractivity contribution in [1.82, 2.24) is 15.6 Å². The lowest BCUT2D eigenvalue weighted by Gasteiger charge is -2.21. The molecule has 0 bridgehead atoms. The highest BCUT2D eigenvalue weighted by Gasteiger charge is 2.32. The molecule has 4 rings (SSSR count). The molecule has 3 N–H and O–H groups in total. The monoisotopic (exact) mass is 429 g/mol. The second-order valence-electron chi connectivity index (χ2n) is 6.24. The van der Waals surface area contributed by atoms with Crippen molar-refractivity contribution in [2.45, 2.75) is 24.9 Å². The Hall–Kier alpha value is -1.24. The van der Waals surface area contributed by atoms with E-state index in [-0.39, 0.29) is 30.4 Å². The lowest BCUT2D eigenvalue weighted by molar-refractivity contribution is -0.121. The minimum atomic E-state index is -0.00539. The van der Waals surface area contributed by atoms with Crippen molar-refractivity contribution in [2.24, 2.45) is 0 Å². The molecule has 0 fully saturated rings. The quantitative estimate of drug-likeness (QED) is 0.571. The van der Waals surface area contributed by atoms with Crippen LogP contribution < -0.4 is 10.6 Å². The van der Waals surface area contributed by atoms with Crippen LogP contribution in [0.1, 0.15) is 22.9 Å².